The molecule has 0 spiro atoms. The van der Waals surface area contributed by atoms with E-state index in [9.17, 15) is 0 Å². The molecule has 0 heterocycles. The highest BCUT2D eigenvalue weighted by Crippen LogP contribution is 2.25. The Kier molecular flexibility index (Phi) is 5.30. The van der Waals surface area contributed by atoms with Crippen LogP contribution in [-0.2, 0) is 11.3 Å². The van der Waals surface area contributed by atoms with Gasteiger partial charge in [0.05, 0.1) is 12.2 Å². The summed E-state index contributed by atoms with van der Waals surface area (Å²) in [6.07, 6.45) is 2.55. The van der Waals surface area contributed by atoms with Gasteiger partial charge in [-0.2, -0.15) is 0 Å². The number of benzene rings is 1. The molecule has 1 aliphatic rings. The second-order valence-electron chi connectivity index (χ2n) is 6.22. The second kappa shape index (κ2) is 6.79. The van der Waals surface area contributed by atoms with Gasteiger partial charge in [0.2, 0.25) is 0 Å². The van der Waals surface area contributed by atoms with Crippen LogP contribution in [0.2, 0.25) is 5.02 Å². The first kappa shape index (κ1) is 15.6. The van der Waals surface area contributed by atoms with Gasteiger partial charge in [0.25, 0.3) is 0 Å². The molecule has 0 bridgehead atoms. The lowest BCUT2D eigenvalue weighted by Gasteiger charge is -2.20. The van der Waals surface area contributed by atoms with E-state index in [0.717, 1.165) is 22.9 Å². The molecule has 1 fully saturated rings. The quantitative estimate of drug-likeness (QED) is 0.777. The van der Waals surface area contributed by atoms with Gasteiger partial charge in [-0.05, 0) is 51.8 Å². The first-order valence-corrected chi connectivity index (χ1v) is 7.60. The standard InChI is InChI=1S/C16H24ClNO2/c1-16(2,3)20-9-8-19-15-7-4-13(17)10-12(15)11-18-14-5-6-14/h4,7,10,14,18H,5-6,8-9,11H2,1-3H3. The fraction of sp³-hybridized carbons (Fsp3) is 0.625. The molecular weight excluding hydrogens is 274 g/mol. The molecule has 1 N–H and O–H groups in total. The predicted octanol–water partition coefficient (Wildman–Crippen LogP) is 3.79. The van der Waals surface area contributed by atoms with E-state index in [0.29, 0.717) is 19.3 Å². The van der Waals surface area contributed by atoms with E-state index < -0.39 is 0 Å². The first-order chi connectivity index (χ1) is 9.44. The van der Waals surface area contributed by atoms with Gasteiger partial charge in [0.1, 0.15) is 12.4 Å². The Balaban J connectivity index is 1.85. The molecule has 1 saturated carbocycles. The van der Waals surface area contributed by atoms with Gasteiger partial charge in [-0.1, -0.05) is 11.6 Å². The molecule has 1 aromatic carbocycles. The number of hydrogen-bond acceptors (Lipinski definition) is 3. The predicted molar refractivity (Wildman–Crippen MR) is 82.5 cm³/mol. The van der Waals surface area contributed by atoms with Crippen molar-refractivity contribution in [3.63, 3.8) is 0 Å². The highest BCUT2D eigenvalue weighted by Gasteiger charge is 2.20. The first-order valence-electron chi connectivity index (χ1n) is 7.22. The van der Waals surface area contributed by atoms with Crippen LogP contribution in [0.5, 0.6) is 5.75 Å². The van der Waals surface area contributed by atoms with Crippen molar-refractivity contribution in [2.45, 2.75) is 51.8 Å². The summed E-state index contributed by atoms with van der Waals surface area (Å²) >= 11 is 6.06. The van der Waals surface area contributed by atoms with Gasteiger partial charge >= 0.3 is 0 Å². The SMILES string of the molecule is CC(C)(C)OCCOc1ccc(Cl)cc1CNC1CC1. The fourth-order valence-corrected chi connectivity index (χ4v) is 2.06. The van der Waals surface area contributed by atoms with Crippen LogP contribution in [-0.4, -0.2) is 24.9 Å². The average Bonchev–Trinajstić information content (AvgIpc) is 3.16. The van der Waals surface area contributed by atoms with E-state index in [4.69, 9.17) is 21.1 Å². The van der Waals surface area contributed by atoms with Crippen LogP contribution in [0.25, 0.3) is 0 Å². The Morgan fingerprint density at radius 3 is 2.65 bits per heavy atom. The summed E-state index contributed by atoms with van der Waals surface area (Å²) in [6, 6.07) is 6.44. The van der Waals surface area contributed by atoms with E-state index in [1.807, 2.05) is 39.0 Å². The zero-order valence-corrected chi connectivity index (χ0v) is 13.3. The maximum absolute atomic E-state index is 6.06. The number of hydrogen-bond donors (Lipinski definition) is 1. The molecule has 0 aromatic heterocycles. The maximum Gasteiger partial charge on any atom is 0.124 e. The molecule has 2 rings (SSSR count). The topological polar surface area (TPSA) is 30.5 Å². The average molecular weight is 298 g/mol. The third-order valence-electron chi connectivity index (χ3n) is 3.06. The molecule has 1 aromatic rings. The molecule has 0 atom stereocenters. The minimum atomic E-state index is -0.125. The van der Waals surface area contributed by atoms with Crippen molar-refractivity contribution in [1.29, 1.82) is 0 Å². The van der Waals surface area contributed by atoms with E-state index in [1.165, 1.54) is 12.8 Å². The van der Waals surface area contributed by atoms with Gasteiger partial charge in [-0.15, -0.1) is 0 Å². The summed E-state index contributed by atoms with van der Waals surface area (Å²) in [6.45, 7) is 8.07. The van der Waals surface area contributed by atoms with Crippen LogP contribution < -0.4 is 10.1 Å². The molecule has 0 aliphatic heterocycles. The van der Waals surface area contributed by atoms with Crippen molar-refractivity contribution in [2.75, 3.05) is 13.2 Å². The highest BCUT2D eigenvalue weighted by atomic mass is 35.5. The van der Waals surface area contributed by atoms with E-state index in [-0.39, 0.29) is 5.60 Å². The van der Waals surface area contributed by atoms with E-state index in [2.05, 4.69) is 5.32 Å². The van der Waals surface area contributed by atoms with Crippen LogP contribution in [0.3, 0.4) is 0 Å². The molecule has 0 unspecified atom stereocenters. The zero-order valence-electron chi connectivity index (χ0n) is 12.5. The Hall–Kier alpha value is -0.770. The summed E-state index contributed by atoms with van der Waals surface area (Å²) in [5.41, 5.74) is 0.986. The summed E-state index contributed by atoms with van der Waals surface area (Å²) in [7, 11) is 0. The van der Waals surface area contributed by atoms with Crippen molar-refractivity contribution >= 4 is 11.6 Å². The van der Waals surface area contributed by atoms with Gasteiger partial charge in [-0.25, -0.2) is 0 Å². The molecule has 3 nitrogen and oxygen atoms in total. The fourth-order valence-electron chi connectivity index (χ4n) is 1.87. The van der Waals surface area contributed by atoms with Gasteiger partial charge in [0.15, 0.2) is 0 Å². The lowest BCUT2D eigenvalue weighted by molar-refractivity contribution is -0.0164. The minimum Gasteiger partial charge on any atom is -0.491 e. The highest BCUT2D eigenvalue weighted by molar-refractivity contribution is 6.30. The largest absolute Gasteiger partial charge is 0.491 e. The van der Waals surface area contributed by atoms with Crippen LogP contribution in [0.4, 0.5) is 0 Å². The lowest BCUT2D eigenvalue weighted by atomic mass is 10.2. The van der Waals surface area contributed by atoms with Crippen LogP contribution in [0.15, 0.2) is 18.2 Å². The molecule has 20 heavy (non-hydrogen) atoms. The number of rotatable bonds is 7. The van der Waals surface area contributed by atoms with Gasteiger partial charge < -0.3 is 14.8 Å². The summed E-state index contributed by atoms with van der Waals surface area (Å²) in [5.74, 6) is 0.889. The number of halogens is 1. The summed E-state index contributed by atoms with van der Waals surface area (Å²) in [5, 5.41) is 4.23. The molecule has 1 aliphatic carbocycles. The van der Waals surface area contributed by atoms with Gasteiger partial charge in [-0.3, -0.25) is 0 Å². The molecule has 4 heteroatoms. The molecule has 0 radical (unpaired) electrons. The normalized spacial score (nSPS) is 15.4. The minimum absolute atomic E-state index is 0.125. The van der Waals surface area contributed by atoms with Crippen LogP contribution in [0.1, 0.15) is 39.2 Å². The summed E-state index contributed by atoms with van der Waals surface area (Å²) in [4.78, 5) is 0. The molecule has 0 amide bonds. The lowest BCUT2D eigenvalue weighted by Crippen LogP contribution is -2.23. The maximum atomic E-state index is 6.06. The van der Waals surface area contributed by atoms with Crippen molar-refractivity contribution < 1.29 is 9.47 Å². The number of nitrogens with one attached hydrogen (secondary N) is 1. The van der Waals surface area contributed by atoms with Crippen molar-refractivity contribution in [3.05, 3.63) is 28.8 Å². The molecule has 0 saturated heterocycles. The van der Waals surface area contributed by atoms with Crippen LogP contribution in [0, 0.1) is 0 Å². The third-order valence-corrected chi connectivity index (χ3v) is 3.29. The van der Waals surface area contributed by atoms with Crippen LogP contribution >= 0.6 is 11.6 Å². The summed E-state index contributed by atoms with van der Waals surface area (Å²) < 4.78 is 11.5. The van der Waals surface area contributed by atoms with E-state index >= 15 is 0 Å². The van der Waals surface area contributed by atoms with Crippen molar-refractivity contribution in [1.82, 2.24) is 5.32 Å². The van der Waals surface area contributed by atoms with Gasteiger partial charge in [0, 0.05) is 23.2 Å². The smallest absolute Gasteiger partial charge is 0.124 e. The molecular formula is C16H24ClNO2. The second-order valence-corrected chi connectivity index (χ2v) is 6.65. The Bertz CT molecular complexity index is 439. The zero-order chi connectivity index (χ0) is 14.6. The van der Waals surface area contributed by atoms with Crippen molar-refractivity contribution in [3.8, 4) is 5.75 Å². The third kappa shape index (κ3) is 5.70. The van der Waals surface area contributed by atoms with E-state index in [1.54, 1.807) is 0 Å². The Morgan fingerprint density at radius 2 is 2.00 bits per heavy atom. The number of ether oxygens (including phenoxy) is 2. The molecule has 112 valence electrons. The Morgan fingerprint density at radius 1 is 1.25 bits per heavy atom. The monoisotopic (exact) mass is 297 g/mol. The Labute approximate surface area is 126 Å². The van der Waals surface area contributed by atoms with Crippen molar-refractivity contribution in [2.24, 2.45) is 0 Å².